The first kappa shape index (κ1) is 20.6. The van der Waals surface area contributed by atoms with Crippen molar-refractivity contribution in [1.29, 1.82) is 0 Å². The van der Waals surface area contributed by atoms with Crippen molar-refractivity contribution in [1.82, 2.24) is 25.2 Å². The highest BCUT2D eigenvalue weighted by molar-refractivity contribution is 5.79. The maximum Gasteiger partial charge on any atom is 0.224 e. The Hall–Kier alpha value is -2.25. The molecule has 2 N–H and O–H groups in total. The molecule has 2 bridgehead atoms. The number of fused-ring (bicyclic) bond motifs is 3. The van der Waals surface area contributed by atoms with E-state index in [1.165, 1.54) is 6.42 Å². The molecule has 4 aliphatic rings. The van der Waals surface area contributed by atoms with Gasteiger partial charge in [-0.15, -0.1) is 5.10 Å². The average molecular weight is 424 g/mol. The molecule has 3 saturated heterocycles. The Kier molecular flexibility index (Phi) is 5.80. The number of carbonyl (C=O) groups excluding carboxylic acids is 1. The molecule has 0 radical (unpaired) electrons. The smallest absolute Gasteiger partial charge is 0.224 e. The monoisotopic (exact) mass is 423 g/mol. The van der Waals surface area contributed by atoms with Gasteiger partial charge in [0.15, 0.2) is 0 Å². The number of amides is 1. The minimum atomic E-state index is -0.801. The van der Waals surface area contributed by atoms with E-state index < -0.39 is 5.60 Å². The van der Waals surface area contributed by atoms with Crippen LogP contribution < -0.4 is 5.32 Å². The van der Waals surface area contributed by atoms with Crippen LogP contribution in [0.15, 0.2) is 36.5 Å². The third kappa shape index (κ3) is 4.39. The Balaban J connectivity index is 1.17. The number of hydrogen-bond donors (Lipinski definition) is 2. The summed E-state index contributed by atoms with van der Waals surface area (Å²) in [5, 5.41) is 22.7. The fraction of sp³-hybridized carbons (Fsp3) is 0.625. The van der Waals surface area contributed by atoms with Crippen molar-refractivity contribution >= 4 is 5.91 Å². The zero-order valence-electron chi connectivity index (χ0n) is 18.1. The quantitative estimate of drug-likeness (QED) is 0.746. The summed E-state index contributed by atoms with van der Waals surface area (Å²) in [6.45, 7) is 3.24. The molecule has 1 aromatic heterocycles. The first-order valence-electron chi connectivity index (χ1n) is 11.8. The highest BCUT2D eigenvalue weighted by Crippen LogP contribution is 2.38. The molecule has 31 heavy (non-hydrogen) atoms. The zero-order chi connectivity index (χ0) is 21.3. The van der Waals surface area contributed by atoms with Crippen LogP contribution in [0.4, 0.5) is 0 Å². The van der Waals surface area contributed by atoms with Crippen molar-refractivity contribution in [3.63, 3.8) is 0 Å². The van der Waals surface area contributed by atoms with E-state index in [1.807, 2.05) is 41.2 Å². The van der Waals surface area contributed by atoms with Crippen LogP contribution in [0.2, 0.25) is 0 Å². The van der Waals surface area contributed by atoms with Crippen LogP contribution in [-0.2, 0) is 23.5 Å². The molecule has 1 aromatic carbocycles. The van der Waals surface area contributed by atoms with E-state index >= 15 is 0 Å². The van der Waals surface area contributed by atoms with Gasteiger partial charge in [0, 0.05) is 19.1 Å². The number of aliphatic hydroxyl groups is 1. The SMILES string of the molecule is O=C(NCc1ccccc1)[C@H]1CN2CC[C@@H]1C[C@@H]2Cn1cc(C2(O)CCCCC2)nn1. The van der Waals surface area contributed by atoms with Crippen LogP contribution in [-0.4, -0.2) is 50.0 Å². The molecule has 3 aliphatic heterocycles. The first-order chi connectivity index (χ1) is 15.1. The predicted octanol–water partition coefficient (Wildman–Crippen LogP) is 2.46. The van der Waals surface area contributed by atoms with Crippen molar-refractivity contribution in [3.05, 3.63) is 47.8 Å². The fourth-order valence-corrected chi connectivity index (χ4v) is 5.75. The van der Waals surface area contributed by atoms with Crippen LogP contribution >= 0.6 is 0 Å². The van der Waals surface area contributed by atoms with E-state index in [1.54, 1.807) is 0 Å². The predicted molar refractivity (Wildman–Crippen MR) is 117 cm³/mol. The Morgan fingerprint density at radius 3 is 2.74 bits per heavy atom. The molecule has 2 aromatic rings. The molecule has 6 rings (SSSR count). The van der Waals surface area contributed by atoms with Crippen molar-refractivity contribution in [3.8, 4) is 0 Å². The van der Waals surface area contributed by atoms with E-state index in [0.717, 1.165) is 69.4 Å². The Labute approximate surface area is 183 Å². The van der Waals surface area contributed by atoms with E-state index in [0.29, 0.717) is 18.5 Å². The molecule has 166 valence electrons. The molecular weight excluding hydrogens is 390 g/mol. The van der Waals surface area contributed by atoms with E-state index in [4.69, 9.17) is 0 Å². The van der Waals surface area contributed by atoms with Crippen LogP contribution in [0.3, 0.4) is 0 Å². The highest BCUT2D eigenvalue weighted by atomic mass is 16.3. The van der Waals surface area contributed by atoms with Crippen LogP contribution in [0, 0.1) is 11.8 Å². The maximum absolute atomic E-state index is 12.8. The van der Waals surface area contributed by atoms with Crippen molar-refractivity contribution in [2.45, 2.75) is 69.7 Å². The molecular formula is C24H33N5O2. The fourth-order valence-electron chi connectivity index (χ4n) is 5.75. The highest BCUT2D eigenvalue weighted by Gasteiger charge is 2.43. The second-order valence-corrected chi connectivity index (χ2v) is 9.66. The number of nitrogens with one attached hydrogen (secondary N) is 1. The van der Waals surface area contributed by atoms with Crippen molar-refractivity contribution in [2.75, 3.05) is 13.1 Å². The molecule has 7 nitrogen and oxygen atoms in total. The lowest BCUT2D eigenvalue weighted by atomic mass is 9.75. The molecule has 1 amide bonds. The molecule has 4 atom stereocenters. The first-order valence-corrected chi connectivity index (χ1v) is 11.8. The standard InChI is InChI=1S/C24H33N5O2/c30-23(25-14-18-7-3-1-4-8-18)21-16-28-12-9-19(21)13-20(28)15-29-17-22(26-27-29)24(31)10-5-2-6-11-24/h1,3-4,7-8,17,19-21,31H,2,5-6,9-16H2,(H,25,30)/t19-,20-,21+/m1/s1. The summed E-state index contributed by atoms with van der Waals surface area (Å²) in [6, 6.07) is 10.5. The maximum atomic E-state index is 12.8. The Morgan fingerprint density at radius 2 is 2.00 bits per heavy atom. The minimum absolute atomic E-state index is 0.0722. The van der Waals surface area contributed by atoms with Gasteiger partial charge in [-0.05, 0) is 43.7 Å². The lowest BCUT2D eigenvalue weighted by Crippen LogP contribution is -2.58. The number of carbonyl (C=O) groups is 1. The molecule has 4 heterocycles. The van der Waals surface area contributed by atoms with Gasteiger partial charge in [-0.25, -0.2) is 0 Å². The summed E-state index contributed by atoms with van der Waals surface area (Å²) in [7, 11) is 0. The lowest BCUT2D eigenvalue weighted by Gasteiger charge is -2.49. The van der Waals surface area contributed by atoms with E-state index in [2.05, 4.69) is 20.5 Å². The normalized spacial score (nSPS) is 29.6. The lowest BCUT2D eigenvalue weighted by molar-refractivity contribution is -0.133. The molecule has 0 spiro atoms. The van der Waals surface area contributed by atoms with Gasteiger partial charge >= 0.3 is 0 Å². The minimum Gasteiger partial charge on any atom is -0.383 e. The van der Waals surface area contributed by atoms with Crippen LogP contribution in [0.1, 0.15) is 56.2 Å². The average Bonchev–Trinajstić information content (AvgIpc) is 3.29. The van der Waals surface area contributed by atoms with Gasteiger partial charge in [0.25, 0.3) is 0 Å². The number of hydrogen-bond acceptors (Lipinski definition) is 5. The largest absolute Gasteiger partial charge is 0.383 e. The molecule has 1 saturated carbocycles. The number of rotatable bonds is 6. The van der Waals surface area contributed by atoms with Gasteiger partial charge in [-0.2, -0.15) is 0 Å². The number of benzene rings is 1. The topological polar surface area (TPSA) is 83.3 Å². The molecule has 1 aliphatic carbocycles. The third-order valence-corrected chi connectivity index (χ3v) is 7.62. The zero-order valence-corrected chi connectivity index (χ0v) is 18.1. The molecule has 7 heteroatoms. The summed E-state index contributed by atoms with van der Waals surface area (Å²) in [4.78, 5) is 15.3. The molecule has 4 fully saturated rings. The second kappa shape index (κ2) is 8.71. The second-order valence-electron chi connectivity index (χ2n) is 9.66. The van der Waals surface area contributed by atoms with Crippen molar-refractivity contribution in [2.24, 2.45) is 11.8 Å². The Morgan fingerprint density at radius 1 is 1.19 bits per heavy atom. The van der Waals surface area contributed by atoms with Crippen LogP contribution in [0.25, 0.3) is 0 Å². The van der Waals surface area contributed by atoms with E-state index in [9.17, 15) is 9.90 Å². The van der Waals surface area contributed by atoms with Gasteiger partial charge in [-0.1, -0.05) is 54.8 Å². The van der Waals surface area contributed by atoms with Crippen LogP contribution in [0.5, 0.6) is 0 Å². The summed E-state index contributed by atoms with van der Waals surface area (Å²) < 4.78 is 1.90. The summed E-state index contributed by atoms with van der Waals surface area (Å²) >= 11 is 0. The third-order valence-electron chi connectivity index (χ3n) is 7.62. The van der Waals surface area contributed by atoms with Gasteiger partial charge in [0.05, 0.1) is 18.7 Å². The summed E-state index contributed by atoms with van der Waals surface area (Å²) in [5.41, 5.74) is 1.06. The van der Waals surface area contributed by atoms with Gasteiger partial charge in [0.2, 0.25) is 5.91 Å². The van der Waals surface area contributed by atoms with Crippen molar-refractivity contribution < 1.29 is 9.90 Å². The van der Waals surface area contributed by atoms with Gasteiger partial charge in [-0.3, -0.25) is 14.4 Å². The molecule has 1 unspecified atom stereocenters. The van der Waals surface area contributed by atoms with E-state index in [-0.39, 0.29) is 11.8 Å². The van der Waals surface area contributed by atoms with Gasteiger partial charge in [0.1, 0.15) is 11.3 Å². The Bertz CT molecular complexity index is 892. The number of piperidine rings is 3. The number of nitrogens with zero attached hydrogens (tertiary/aromatic N) is 4. The van der Waals surface area contributed by atoms with Gasteiger partial charge < -0.3 is 10.4 Å². The number of aromatic nitrogens is 3. The summed E-state index contributed by atoms with van der Waals surface area (Å²) in [6.07, 6.45) is 8.90. The summed E-state index contributed by atoms with van der Waals surface area (Å²) in [5.74, 6) is 0.679.